The Morgan fingerprint density at radius 2 is 1.69 bits per heavy atom. The molecule has 4 N–H and O–H groups in total. The number of thiophene rings is 1. The number of hydrogen-bond donors (Lipinski definition) is 4. The van der Waals surface area contributed by atoms with Crippen LogP contribution < -0.4 is 15.4 Å². The zero-order chi connectivity index (χ0) is 30.7. The number of hydrogen-bond acceptors (Lipinski definition) is 8. The van der Waals surface area contributed by atoms with Gasteiger partial charge in [0.05, 0.1) is 29.4 Å². The number of nitrogens with zero attached hydrogens (tertiary/aromatic N) is 1. The normalized spacial score (nSPS) is 12.3. The molecule has 2 heterocycles. The maximum atomic E-state index is 13.0. The van der Waals surface area contributed by atoms with E-state index in [-0.39, 0.29) is 11.6 Å². The summed E-state index contributed by atoms with van der Waals surface area (Å²) in [6.07, 6.45) is 0.0223. The van der Waals surface area contributed by atoms with E-state index < -0.39 is 28.5 Å². The Labute approximate surface area is 254 Å². The highest BCUT2D eigenvalue weighted by molar-refractivity contribution is 7.87. The predicted molar refractivity (Wildman–Crippen MR) is 167 cm³/mol. The number of rotatable bonds is 10. The minimum absolute atomic E-state index is 0.203. The zero-order valence-electron chi connectivity index (χ0n) is 23.7. The molecule has 0 radical (unpaired) electrons. The van der Waals surface area contributed by atoms with Gasteiger partial charge in [-0.1, -0.05) is 55.0 Å². The fraction of sp³-hybridized carbons (Fsp3) is 0.276. The topological polar surface area (TPSA) is 147 Å². The second-order valence-electron chi connectivity index (χ2n) is 9.30. The van der Waals surface area contributed by atoms with Crippen molar-refractivity contribution in [3.63, 3.8) is 0 Å². The van der Waals surface area contributed by atoms with Gasteiger partial charge in [0.25, 0.3) is 0 Å². The number of nitrogens with one attached hydrogen (secondary N) is 3. The summed E-state index contributed by atoms with van der Waals surface area (Å²) in [6.45, 7) is 5.87. The van der Waals surface area contributed by atoms with Gasteiger partial charge >= 0.3 is 16.4 Å². The Morgan fingerprint density at radius 1 is 1.00 bits per heavy atom. The monoisotopic (exact) mass is 630 g/mol. The maximum Gasteiger partial charge on any atom is 0.407 e. The lowest BCUT2D eigenvalue weighted by Gasteiger charge is -2.22. The summed E-state index contributed by atoms with van der Waals surface area (Å²) >= 11 is 3.07. The van der Waals surface area contributed by atoms with Crippen LogP contribution in [0.25, 0.3) is 9.88 Å². The molecule has 4 aromatic rings. The number of anilines is 1. The number of thiazole rings is 1. The van der Waals surface area contributed by atoms with Gasteiger partial charge in [-0.25, -0.2) is 9.78 Å². The molecule has 224 valence electrons. The number of alkyl carbamates (subject to hydrolysis) is 1. The molecule has 0 unspecified atom stereocenters. The van der Waals surface area contributed by atoms with Crippen molar-refractivity contribution in [2.45, 2.75) is 45.7 Å². The third kappa shape index (κ3) is 10.2. The van der Waals surface area contributed by atoms with E-state index in [9.17, 15) is 18.0 Å². The number of carbonyl (C=O) groups is 2. The van der Waals surface area contributed by atoms with Gasteiger partial charge < -0.3 is 15.4 Å². The van der Waals surface area contributed by atoms with Gasteiger partial charge in [-0.05, 0) is 61.4 Å². The summed E-state index contributed by atoms with van der Waals surface area (Å²) in [6, 6.07) is 17.4. The van der Waals surface area contributed by atoms with E-state index in [1.807, 2.05) is 46.7 Å². The molecule has 0 spiro atoms. The van der Waals surface area contributed by atoms with Crippen LogP contribution in [0.15, 0.2) is 71.4 Å². The first-order valence-corrected chi connectivity index (χ1v) is 16.2. The minimum Gasteiger partial charge on any atom is -0.453 e. The van der Waals surface area contributed by atoms with Crippen molar-refractivity contribution in [2.24, 2.45) is 0 Å². The zero-order valence-corrected chi connectivity index (χ0v) is 26.1. The summed E-state index contributed by atoms with van der Waals surface area (Å²) in [4.78, 5) is 30.5. The standard InChI is InChI=1S/C22H26N4O6S3.C7H8/c1-4-16(25-22(28)32-3)20(27)23-17(11-14-5-7-15(8-6-14)26-35(29,30)31)18-12-34-21(24-18)19-13(2)9-10-33-19;1-7-5-3-2-4-6-7/h5-10,12,16-17,26H,4,11H2,1-3H3,(H,23,27)(H,25,28)(H,29,30,31);2-6H,1H3/t16-,17-;/m0./s1. The Balaban J connectivity index is 0.000000603. The quantitative estimate of drug-likeness (QED) is 0.159. The van der Waals surface area contributed by atoms with Crippen LogP contribution in [-0.4, -0.2) is 43.1 Å². The Bertz CT molecular complexity index is 1550. The predicted octanol–water partition coefficient (Wildman–Crippen LogP) is 5.92. The molecule has 42 heavy (non-hydrogen) atoms. The van der Waals surface area contributed by atoms with Crippen LogP contribution in [0, 0.1) is 13.8 Å². The van der Waals surface area contributed by atoms with Crippen LogP contribution in [0.3, 0.4) is 0 Å². The first-order valence-electron chi connectivity index (χ1n) is 13.0. The van der Waals surface area contributed by atoms with Crippen LogP contribution >= 0.6 is 22.7 Å². The van der Waals surface area contributed by atoms with Gasteiger partial charge in [0, 0.05) is 5.38 Å². The average molecular weight is 631 g/mol. The molecule has 0 saturated carbocycles. The van der Waals surface area contributed by atoms with Gasteiger partial charge in [-0.2, -0.15) is 8.42 Å². The molecule has 0 bridgehead atoms. The van der Waals surface area contributed by atoms with Crippen molar-refractivity contribution in [1.82, 2.24) is 15.6 Å². The van der Waals surface area contributed by atoms with E-state index in [2.05, 4.69) is 34.4 Å². The van der Waals surface area contributed by atoms with Crippen LogP contribution in [0.4, 0.5) is 10.5 Å². The first kappa shape index (κ1) is 32.7. The van der Waals surface area contributed by atoms with E-state index >= 15 is 0 Å². The summed E-state index contributed by atoms with van der Waals surface area (Å²) < 4.78 is 37.6. The van der Waals surface area contributed by atoms with Crippen molar-refractivity contribution < 1.29 is 27.3 Å². The van der Waals surface area contributed by atoms with E-state index in [0.29, 0.717) is 18.5 Å². The molecule has 0 saturated heterocycles. The maximum absolute atomic E-state index is 13.0. The number of carbonyl (C=O) groups excluding carboxylic acids is 2. The second kappa shape index (κ2) is 15.4. The summed E-state index contributed by atoms with van der Waals surface area (Å²) in [5, 5.41) is 10.2. The average Bonchev–Trinajstić information content (AvgIpc) is 3.61. The molecule has 2 aromatic heterocycles. The first-order chi connectivity index (χ1) is 20.0. The number of ether oxygens (including phenoxy) is 1. The fourth-order valence-electron chi connectivity index (χ4n) is 3.83. The Kier molecular flexibility index (Phi) is 12.0. The molecule has 2 atom stereocenters. The van der Waals surface area contributed by atoms with Gasteiger partial charge in [0.2, 0.25) is 5.91 Å². The SMILES string of the molecule is CC[C@H](NC(=O)OC)C(=O)N[C@@H](Cc1ccc(NS(=O)(=O)O)cc1)c1csc(-c2sccc2C)n1.Cc1ccccc1. The summed E-state index contributed by atoms with van der Waals surface area (Å²) in [7, 11) is -3.15. The Hall–Kier alpha value is -3.78. The van der Waals surface area contributed by atoms with Gasteiger partial charge in [-0.3, -0.25) is 14.1 Å². The molecule has 2 aromatic carbocycles. The molecule has 0 fully saturated rings. The van der Waals surface area contributed by atoms with Crippen LogP contribution in [-0.2, 0) is 26.3 Å². The number of benzene rings is 2. The highest BCUT2D eigenvalue weighted by atomic mass is 32.2. The van der Waals surface area contributed by atoms with Crippen LogP contribution in [0.5, 0.6) is 0 Å². The lowest BCUT2D eigenvalue weighted by Crippen LogP contribution is -2.47. The van der Waals surface area contributed by atoms with E-state index in [1.165, 1.54) is 36.1 Å². The number of amides is 2. The highest BCUT2D eigenvalue weighted by Gasteiger charge is 2.25. The van der Waals surface area contributed by atoms with Gasteiger partial charge in [0.1, 0.15) is 11.0 Å². The summed E-state index contributed by atoms with van der Waals surface area (Å²) in [5.74, 6) is -0.380. The second-order valence-corrected chi connectivity index (χ2v) is 12.2. The smallest absolute Gasteiger partial charge is 0.407 e. The molecule has 0 aliphatic heterocycles. The lowest BCUT2D eigenvalue weighted by atomic mass is 10.0. The number of aromatic nitrogens is 1. The molecule has 13 heteroatoms. The van der Waals surface area contributed by atoms with Crippen LogP contribution in [0.2, 0.25) is 0 Å². The Morgan fingerprint density at radius 3 is 2.21 bits per heavy atom. The molecule has 0 aliphatic rings. The molecular weight excluding hydrogens is 597 g/mol. The van der Waals surface area contributed by atoms with Crippen LogP contribution in [0.1, 0.15) is 41.8 Å². The van der Waals surface area contributed by atoms with E-state index in [0.717, 1.165) is 21.0 Å². The van der Waals surface area contributed by atoms with Gasteiger partial charge in [0.15, 0.2) is 0 Å². The largest absolute Gasteiger partial charge is 0.453 e. The van der Waals surface area contributed by atoms with Crippen molar-refractivity contribution in [3.8, 4) is 9.88 Å². The molecule has 4 rings (SSSR count). The molecule has 2 amide bonds. The van der Waals surface area contributed by atoms with E-state index in [1.54, 1.807) is 30.4 Å². The van der Waals surface area contributed by atoms with Crippen molar-refractivity contribution in [2.75, 3.05) is 11.8 Å². The fourth-order valence-corrected chi connectivity index (χ4v) is 6.23. The highest BCUT2D eigenvalue weighted by Crippen LogP contribution is 2.33. The lowest BCUT2D eigenvalue weighted by molar-refractivity contribution is -0.123. The third-order valence-electron chi connectivity index (χ3n) is 6.04. The number of methoxy groups -OCH3 is 1. The third-order valence-corrected chi connectivity index (χ3v) is 8.56. The number of aryl methyl sites for hydroxylation is 2. The molecular formula is C29H34N4O6S3. The van der Waals surface area contributed by atoms with Crippen molar-refractivity contribution in [1.29, 1.82) is 0 Å². The minimum atomic E-state index is -4.38. The summed E-state index contributed by atoms with van der Waals surface area (Å²) in [5.41, 5.74) is 4.11. The van der Waals surface area contributed by atoms with Crippen molar-refractivity contribution in [3.05, 3.63) is 93.8 Å². The molecule has 10 nitrogen and oxygen atoms in total. The molecule has 0 aliphatic carbocycles. The van der Waals surface area contributed by atoms with Crippen molar-refractivity contribution >= 4 is 50.7 Å². The van der Waals surface area contributed by atoms with Gasteiger partial charge in [-0.15, -0.1) is 22.7 Å². The van der Waals surface area contributed by atoms with E-state index in [4.69, 9.17) is 9.54 Å².